The summed E-state index contributed by atoms with van der Waals surface area (Å²) in [4.78, 5) is 0. The lowest BCUT2D eigenvalue weighted by molar-refractivity contribution is 0.473. The Morgan fingerprint density at radius 2 is 2.28 bits per heavy atom. The van der Waals surface area contributed by atoms with Gasteiger partial charge in [-0.15, -0.1) is 0 Å². The minimum absolute atomic E-state index is 0.00181. The van der Waals surface area contributed by atoms with E-state index < -0.39 is 11.6 Å². The van der Waals surface area contributed by atoms with Gasteiger partial charge in [0, 0.05) is 22.9 Å². The summed E-state index contributed by atoms with van der Waals surface area (Å²) in [7, 11) is 0. The minimum Gasteiger partial charge on any atom is -0.309 e. The second-order valence-corrected chi connectivity index (χ2v) is 6.00. The lowest BCUT2D eigenvalue weighted by atomic mass is 10.00. The maximum atomic E-state index is 13.9. The van der Waals surface area contributed by atoms with Crippen molar-refractivity contribution in [1.82, 2.24) is 5.32 Å². The molecule has 4 heteroatoms. The predicted octanol–water partition coefficient (Wildman–Crippen LogP) is 3.90. The zero-order valence-electron chi connectivity index (χ0n) is 10.6. The van der Waals surface area contributed by atoms with Crippen molar-refractivity contribution in [3.8, 4) is 0 Å². The van der Waals surface area contributed by atoms with Gasteiger partial charge in [-0.1, -0.05) is 13.0 Å². The zero-order valence-corrected chi connectivity index (χ0v) is 11.4. The Hall–Kier alpha value is -0.610. The topological polar surface area (TPSA) is 12.0 Å². The van der Waals surface area contributed by atoms with Crippen LogP contribution in [0.3, 0.4) is 0 Å². The second kappa shape index (κ2) is 6.53. The lowest BCUT2D eigenvalue weighted by Gasteiger charge is -2.25. The molecule has 1 aliphatic rings. The molecule has 0 aromatic heterocycles. The number of benzene rings is 1. The van der Waals surface area contributed by atoms with Crippen LogP contribution in [0.4, 0.5) is 8.78 Å². The Morgan fingerprint density at radius 3 is 2.89 bits per heavy atom. The molecule has 2 rings (SSSR count). The fourth-order valence-corrected chi connectivity index (χ4v) is 3.77. The van der Waals surface area contributed by atoms with Gasteiger partial charge in [0.05, 0.1) is 0 Å². The molecule has 0 saturated carbocycles. The van der Waals surface area contributed by atoms with Crippen LogP contribution in [0, 0.1) is 11.6 Å². The molecule has 1 N–H and O–H groups in total. The highest BCUT2D eigenvalue weighted by molar-refractivity contribution is 8.00. The molecular formula is C14H19F2NS. The molecule has 0 radical (unpaired) electrons. The highest BCUT2D eigenvalue weighted by Crippen LogP contribution is 2.36. The number of halogens is 2. The predicted molar refractivity (Wildman–Crippen MR) is 72.9 cm³/mol. The van der Waals surface area contributed by atoms with E-state index in [1.807, 2.05) is 11.8 Å². The molecule has 1 aliphatic heterocycles. The highest BCUT2D eigenvalue weighted by Gasteiger charge is 2.28. The van der Waals surface area contributed by atoms with E-state index in [1.54, 1.807) is 6.07 Å². The molecule has 2 unspecified atom stereocenters. The number of rotatable bonds is 5. The Labute approximate surface area is 111 Å². The Bertz CT molecular complexity index is 391. The van der Waals surface area contributed by atoms with E-state index >= 15 is 0 Å². The molecule has 18 heavy (non-hydrogen) atoms. The summed E-state index contributed by atoms with van der Waals surface area (Å²) >= 11 is 1.89. The van der Waals surface area contributed by atoms with Crippen LogP contribution in [0.15, 0.2) is 18.2 Å². The van der Waals surface area contributed by atoms with Gasteiger partial charge < -0.3 is 5.32 Å². The van der Waals surface area contributed by atoms with Gasteiger partial charge in [0.15, 0.2) is 0 Å². The molecule has 1 heterocycles. The normalized spacial score (nSPS) is 21.2. The number of hydrogen-bond acceptors (Lipinski definition) is 2. The molecule has 100 valence electrons. The van der Waals surface area contributed by atoms with Gasteiger partial charge in [0.25, 0.3) is 0 Å². The zero-order chi connectivity index (χ0) is 13.0. The largest absolute Gasteiger partial charge is 0.309 e. The first-order valence-electron chi connectivity index (χ1n) is 6.52. The molecular weight excluding hydrogens is 252 g/mol. The van der Waals surface area contributed by atoms with Crippen LogP contribution in [0.5, 0.6) is 0 Å². The summed E-state index contributed by atoms with van der Waals surface area (Å²) in [6, 6.07) is 3.91. The fourth-order valence-electron chi connectivity index (χ4n) is 2.36. The molecule has 1 aromatic carbocycles. The molecule has 0 aliphatic carbocycles. The Kier molecular flexibility index (Phi) is 5.01. The number of thioether (sulfide) groups is 1. The minimum atomic E-state index is -0.510. The Balaban J connectivity index is 2.20. The van der Waals surface area contributed by atoms with Crippen molar-refractivity contribution < 1.29 is 8.78 Å². The van der Waals surface area contributed by atoms with Gasteiger partial charge in [0.1, 0.15) is 11.6 Å². The standard InChI is InChI=1S/C14H19F2NS/c1-2-7-17-14(13-4-3-8-18-13)11-6-5-10(15)9-12(11)16/h5-6,9,13-14,17H,2-4,7-8H2,1H3. The molecule has 2 atom stereocenters. The van der Waals surface area contributed by atoms with Gasteiger partial charge in [-0.25, -0.2) is 8.78 Å². The second-order valence-electron chi connectivity index (χ2n) is 4.65. The van der Waals surface area contributed by atoms with Crippen LogP contribution in [-0.2, 0) is 0 Å². The van der Waals surface area contributed by atoms with Gasteiger partial charge in [-0.05, 0) is 37.6 Å². The third-order valence-electron chi connectivity index (χ3n) is 3.25. The van der Waals surface area contributed by atoms with Crippen LogP contribution >= 0.6 is 11.8 Å². The van der Waals surface area contributed by atoms with E-state index in [1.165, 1.54) is 12.5 Å². The van der Waals surface area contributed by atoms with Crippen molar-refractivity contribution in [1.29, 1.82) is 0 Å². The average molecular weight is 271 g/mol. The summed E-state index contributed by atoms with van der Waals surface area (Å²) in [5.74, 6) is 0.193. The molecule has 1 fully saturated rings. The first-order valence-corrected chi connectivity index (χ1v) is 7.57. The van der Waals surface area contributed by atoms with Crippen LogP contribution in [0.1, 0.15) is 37.8 Å². The first kappa shape index (κ1) is 13.8. The summed E-state index contributed by atoms with van der Waals surface area (Å²) in [5, 5.41) is 3.80. The van der Waals surface area contributed by atoms with Crippen LogP contribution in [-0.4, -0.2) is 17.5 Å². The first-order chi connectivity index (χ1) is 8.72. The van der Waals surface area contributed by atoms with E-state index in [2.05, 4.69) is 12.2 Å². The lowest BCUT2D eigenvalue weighted by Crippen LogP contribution is -2.30. The van der Waals surface area contributed by atoms with Crippen molar-refractivity contribution in [3.63, 3.8) is 0 Å². The van der Waals surface area contributed by atoms with Crippen LogP contribution in [0.25, 0.3) is 0 Å². The van der Waals surface area contributed by atoms with E-state index in [0.717, 1.165) is 31.2 Å². The van der Waals surface area contributed by atoms with Crippen LogP contribution in [0.2, 0.25) is 0 Å². The Morgan fingerprint density at radius 1 is 1.44 bits per heavy atom. The van der Waals surface area contributed by atoms with Crippen molar-refractivity contribution in [2.45, 2.75) is 37.5 Å². The van der Waals surface area contributed by atoms with Crippen molar-refractivity contribution in [3.05, 3.63) is 35.4 Å². The molecule has 0 bridgehead atoms. The van der Waals surface area contributed by atoms with E-state index in [0.29, 0.717) is 10.8 Å². The molecule has 0 spiro atoms. The molecule has 1 aromatic rings. The van der Waals surface area contributed by atoms with Gasteiger partial charge in [0.2, 0.25) is 0 Å². The summed E-state index contributed by atoms with van der Waals surface area (Å²) < 4.78 is 26.9. The van der Waals surface area contributed by atoms with Crippen molar-refractivity contribution in [2.75, 3.05) is 12.3 Å². The molecule has 1 nitrogen and oxygen atoms in total. The molecule has 0 amide bonds. The van der Waals surface area contributed by atoms with E-state index in [9.17, 15) is 8.78 Å². The summed E-state index contributed by atoms with van der Waals surface area (Å²) in [6.45, 7) is 2.95. The van der Waals surface area contributed by atoms with Gasteiger partial charge in [-0.2, -0.15) is 11.8 Å². The smallest absolute Gasteiger partial charge is 0.130 e. The SMILES string of the molecule is CCCNC(c1ccc(F)cc1F)C1CCCS1. The van der Waals surface area contributed by atoms with Gasteiger partial charge >= 0.3 is 0 Å². The highest BCUT2D eigenvalue weighted by atomic mass is 32.2. The molecule has 1 saturated heterocycles. The summed E-state index contributed by atoms with van der Waals surface area (Å²) in [5.41, 5.74) is 0.601. The third kappa shape index (κ3) is 3.23. The van der Waals surface area contributed by atoms with Gasteiger partial charge in [-0.3, -0.25) is 0 Å². The third-order valence-corrected chi connectivity index (χ3v) is 4.71. The maximum absolute atomic E-state index is 13.9. The summed E-state index contributed by atoms with van der Waals surface area (Å²) in [6.07, 6.45) is 3.29. The number of hydrogen-bond donors (Lipinski definition) is 1. The monoisotopic (exact) mass is 271 g/mol. The fraction of sp³-hybridized carbons (Fsp3) is 0.571. The maximum Gasteiger partial charge on any atom is 0.130 e. The van der Waals surface area contributed by atoms with E-state index in [-0.39, 0.29) is 6.04 Å². The number of nitrogens with one attached hydrogen (secondary N) is 1. The van der Waals surface area contributed by atoms with Crippen LogP contribution < -0.4 is 5.32 Å². The average Bonchev–Trinajstić information content (AvgIpc) is 2.85. The van der Waals surface area contributed by atoms with Crippen molar-refractivity contribution in [2.24, 2.45) is 0 Å². The quantitative estimate of drug-likeness (QED) is 0.871. The van der Waals surface area contributed by atoms with E-state index in [4.69, 9.17) is 0 Å². The van der Waals surface area contributed by atoms with Crippen molar-refractivity contribution >= 4 is 11.8 Å².